The van der Waals surface area contributed by atoms with E-state index in [0.29, 0.717) is 0 Å². The van der Waals surface area contributed by atoms with E-state index in [2.05, 4.69) is 10.6 Å². The van der Waals surface area contributed by atoms with Crippen molar-refractivity contribution in [2.75, 3.05) is 6.61 Å². The summed E-state index contributed by atoms with van der Waals surface area (Å²) in [6.07, 6.45) is -10.6. The van der Waals surface area contributed by atoms with Crippen molar-refractivity contribution >= 4 is 5.91 Å². The van der Waals surface area contributed by atoms with Crippen LogP contribution >= 0.6 is 0 Å². The Labute approximate surface area is 81.5 Å². The summed E-state index contributed by atoms with van der Waals surface area (Å²) in [6.45, 7) is -0.889. The Hall–Kier alpha value is -0.960. The maximum Gasteiger partial charge on any atom is 0.437 e. The number of carbonyl (C=O) groups is 1. The third-order valence-corrected chi connectivity index (χ3v) is 1.28. The predicted molar refractivity (Wildman–Crippen MR) is 38.5 cm³/mol. The average Bonchev–Trinajstić information content (AvgIpc) is 2.09. The maximum absolute atomic E-state index is 12.4. The molecule has 15 heavy (non-hydrogen) atoms. The second kappa shape index (κ2) is 5.21. The Kier molecular flexibility index (Phi) is 4.88. The summed E-state index contributed by atoms with van der Waals surface area (Å²) in [5.74, 6) is 2.48. The zero-order valence-corrected chi connectivity index (χ0v) is 7.40. The van der Waals surface area contributed by atoms with E-state index >= 15 is 0 Å². The van der Waals surface area contributed by atoms with Crippen molar-refractivity contribution in [3.8, 4) is 0 Å². The molecule has 0 rings (SSSR count). The fourth-order valence-electron chi connectivity index (χ4n) is 0.623. The first-order valence-electron chi connectivity index (χ1n) is 3.78. The number of hydrogen-bond acceptors (Lipinski definition) is 3. The lowest BCUT2D eigenvalue weighted by molar-refractivity contribution is -0.233. The van der Waals surface area contributed by atoms with Crippen LogP contribution in [0.1, 0.15) is 12.8 Å². The third kappa shape index (κ3) is 6.18. The van der Waals surface area contributed by atoms with Gasteiger partial charge in [0.25, 0.3) is 0 Å². The van der Waals surface area contributed by atoms with Crippen molar-refractivity contribution < 1.29 is 31.5 Å². The fraction of sp³-hybridized carbons (Fsp3) is 0.833. The quantitative estimate of drug-likeness (QED) is 0.245. The van der Waals surface area contributed by atoms with E-state index in [1.54, 1.807) is 0 Å². The van der Waals surface area contributed by atoms with Gasteiger partial charge in [0.2, 0.25) is 0 Å². The van der Waals surface area contributed by atoms with E-state index in [0.717, 1.165) is 5.43 Å². The van der Waals surface area contributed by atoms with Crippen molar-refractivity contribution in [3.63, 3.8) is 0 Å². The summed E-state index contributed by atoms with van der Waals surface area (Å²) in [6, 6.07) is 0. The molecule has 0 spiro atoms. The molecule has 4 nitrogen and oxygen atoms in total. The average molecular weight is 236 g/mol. The Balaban J connectivity index is 3.81. The number of hydrazine groups is 1. The van der Waals surface area contributed by atoms with Gasteiger partial charge in [-0.15, -0.1) is 0 Å². The summed E-state index contributed by atoms with van der Waals surface area (Å²) >= 11 is 0. The van der Waals surface area contributed by atoms with Gasteiger partial charge in [0.05, 0.1) is 6.61 Å². The van der Waals surface area contributed by atoms with E-state index in [-0.39, 0.29) is 0 Å². The number of hydrogen-bond donors (Lipinski definition) is 2. The maximum atomic E-state index is 12.4. The molecular formula is C6H9F5N2O2. The molecule has 0 aromatic carbocycles. The van der Waals surface area contributed by atoms with Crippen LogP contribution in [0.5, 0.6) is 0 Å². The second-order valence-electron chi connectivity index (χ2n) is 2.56. The van der Waals surface area contributed by atoms with Gasteiger partial charge in [0.15, 0.2) is 0 Å². The lowest BCUT2D eigenvalue weighted by atomic mass is 10.3. The van der Waals surface area contributed by atoms with Crippen LogP contribution in [0.25, 0.3) is 0 Å². The Morgan fingerprint density at radius 3 is 2.20 bits per heavy atom. The third-order valence-electron chi connectivity index (χ3n) is 1.28. The van der Waals surface area contributed by atoms with E-state index in [1.807, 2.05) is 0 Å². The molecule has 0 saturated heterocycles. The van der Waals surface area contributed by atoms with Gasteiger partial charge in [-0.1, -0.05) is 0 Å². The fourth-order valence-corrected chi connectivity index (χ4v) is 0.623. The number of rotatable bonds is 5. The van der Waals surface area contributed by atoms with E-state index in [9.17, 15) is 26.7 Å². The molecule has 1 amide bonds. The standard InChI is InChI=1S/C6H9F5N2O2/c7-5(8,9)2-1-3-15-6(10,11)4(14)13-12/h1-3,12H2,(H,13,14). The smallest absolute Gasteiger partial charge is 0.313 e. The van der Waals surface area contributed by atoms with Crippen molar-refractivity contribution in [3.05, 3.63) is 0 Å². The zero-order chi connectivity index (χ0) is 12.1. The summed E-state index contributed by atoms with van der Waals surface area (Å²) in [4.78, 5) is 10.3. The lowest BCUT2D eigenvalue weighted by Gasteiger charge is -2.14. The molecule has 0 fully saturated rings. The molecule has 0 heterocycles. The van der Waals surface area contributed by atoms with Gasteiger partial charge < -0.3 is 4.74 Å². The monoisotopic (exact) mass is 236 g/mol. The molecule has 0 atom stereocenters. The lowest BCUT2D eigenvalue weighted by Crippen LogP contribution is -2.45. The van der Waals surface area contributed by atoms with Gasteiger partial charge >= 0.3 is 18.2 Å². The van der Waals surface area contributed by atoms with Crippen molar-refractivity contribution in [2.45, 2.75) is 25.1 Å². The van der Waals surface area contributed by atoms with Crippen LogP contribution in [0.15, 0.2) is 0 Å². The van der Waals surface area contributed by atoms with Gasteiger partial charge in [0.1, 0.15) is 0 Å². The predicted octanol–water partition coefficient (Wildman–Crippen LogP) is 0.928. The van der Waals surface area contributed by atoms with Gasteiger partial charge in [0, 0.05) is 6.42 Å². The first-order chi connectivity index (χ1) is 6.69. The number of carbonyl (C=O) groups excluding carboxylic acids is 1. The molecule has 0 bridgehead atoms. The van der Waals surface area contributed by atoms with Gasteiger partial charge in [-0.05, 0) is 6.42 Å². The highest BCUT2D eigenvalue weighted by atomic mass is 19.4. The molecule has 9 heteroatoms. The summed E-state index contributed by atoms with van der Waals surface area (Å²) < 4.78 is 63.2. The van der Waals surface area contributed by atoms with Gasteiger partial charge in [-0.3, -0.25) is 10.2 Å². The SMILES string of the molecule is NNC(=O)C(F)(F)OCCCC(F)(F)F. The minimum atomic E-state index is -4.44. The normalized spacial score (nSPS) is 12.7. The second-order valence-corrected chi connectivity index (χ2v) is 2.56. The van der Waals surface area contributed by atoms with Crippen LogP contribution in [0.4, 0.5) is 22.0 Å². The van der Waals surface area contributed by atoms with E-state index in [4.69, 9.17) is 0 Å². The molecular weight excluding hydrogens is 227 g/mol. The highest BCUT2D eigenvalue weighted by Crippen LogP contribution is 2.22. The molecule has 0 aromatic heterocycles. The molecule has 0 aromatic rings. The largest absolute Gasteiger partial charge is 0.437 e. The number of nitrogens with two attached hydrogens (primary N) is 1. The number of alkyl halides is 5. The minimum Gasteiger partial charge on any atom is -0.313 e. The van der Waals surface area contributed by atoms with Crippen molar-refractivity contribution in [2.24, 2.45) is 5.84 Å². The highest BCUT2D eigenvalue weighted by Gasteiger charge is 2.40. The zero-order valence-electron chi connectivity index (χ0n) is 7.40. The molecule has 0 unspecified atom stereocenters. The Morgan fingerprint density at radius 1 is 1.27 bits per heavy atom. The topological polar surface area (TPSA) is 64.3 Å². The van der Waals surface area contributed by atoms with Crippen LogP contribution in [0.3, 0.4) is 0 Å². The number of nitrogens with one attached hydrogen (secondary N) is 1. The summed E-state index contributed by atoms with van der Waals surface area (Å²) in [7, 11) is 0. The van der Waals surface area contributed by atoms with Gasteiger partial charge in [-0.2, -0.15) is 22.0 Å². The number of ether oxygens (including phenoxy) is 1. The van der Waals surface area contributed by atoms with Crippen LogP contribution in [-0.2, 0) is 9.53 Å². The molecule has 90 valence electrons. The molecule has 0 aliphatic rings. The molecule has 0 aliphatic carbocycles. The van der Waals surface area contributed by atoms with Crippen LogP contribution in [-0.4, -0.2) is 24.8 Å². The summed E-state index contributed by atoms with van der Waals surface area (Å²) in [5, 5.41) is 0. The van der Waals surface area contributed by atoms with Crippen LogP contribution < -0.4 is 11.3 Å². The van der Waals surface area contributed by atoms with E-state index in [1.165, 1.54) is 0 Å². The Bertz CT molecular complexity index is 218. The van der Waals surface area contributed by atoms with Crippen LogP contribution in [0, 0.1) is 0 Å². The first-order valence-corrected chi connectivity index (χ1v) is 3.78. The highest BCUT2D eigenvalue weighted by molar-refractivity contribution is 5.81. The Morgan fingerprint density at radius 2 is 1.80 bits per heavy atom. The molecule has 3 N–H and O–H groups in total. The number of amides is 1. The van der Waals surface area contributed by atoms with Crippen molar-refractivity contribution in [1.82, 2.24) is 5.43 Å². The van der Waals surface area contributed by atoms with E-state index < -0.39 is 37.6 Å². The summed E-state index contributed by atoms with van der Waals surface area (Å²) in [5.41, 5.74) is 1.13. The molecule has 0 saturated carbocycles. The van der Waals surface area contributed by atoms with Crippen molar-refractivity contribution in [1.29, 1.82) is 0 Å². The first kappa shape index (κ1) is 14.0. The van der Waals surface area contributed by atoms with Gasteiger partial charge in [-0.25, -0.2) is 5.84 Å². The van der Waals surface area contributed by atoms with Crippen LogP contribution in [0.2, 0.25) is 0 Å². The minimum absolute atomic E-state index is 0.656. The molecule has 0 radical (unpaired) electrons. The molecule has 0 aliphatic heterocycles. The number of halogens is 5.